The first-order valence-corrected chi connectivity index (χ1v) is 7.64. The molecule has 0 fully saturated rings. The number of aryl methyl sites for hydroxylation is 1. The Labute approximate surface area is 149 Å². The molecular formula is C17H15ClN2O5. The molecule has 0 aliphatic carbocycles. The van der Waals surface area contributed by atoms with E-state index in [0.29, 0.717) is 10.8 Å². The van der Waals surface area contributed by atoms with Gasteiger partial charge in [0.05, 0.1) is 20.1 Å². The summed E-state index contributed by atoms with van der Waals surface area (Å²) in [5, 5.41) is 12.3. The lowest BCUT2D eigenvalue weighted by atomic mass is 10.1. The summed E-state index contributed by atoms with van der Waals surface area (Å²) in [6.07, 6.45) is 0.0286. The van der Waals surface area contributed by atoms with E-state index in [1.165, 1.54) is 14.0 Å². The fourth-order valence-electron chi connectivity index (χ4n) is 2.07. The zero-order chi connectivity index (χ0) is 18.4. The highest BCUT2D eigenvalue weighted by Crippen LogP contribution is 2.27. The molecule has 2 rings (SSSR count). The lowest BCUT2D eigenvalue weighted by Crippen LogP contribution is -2.15. The van der Waals surface area contributed by atoms with Crippen molar-refractivity contribution in [3.63, 3.8) is 0 Å². The third-order valence-corrected chi connectivity index (χ3v) is 3.50. The van der Waals surface area contributed by atoms with Gasteiger partial charge in [0.2, 0.25) is 11.8 Å². The van der Waals surface area contributed by atoms with E-state index in [0.717, 1.165) is 0 Å². The molecule has 0 saturated heterocycles. The van der Waals surface area contributed by atoms with Crippen molar-refractivity contribution in [3.05, 3.63) is 46.2 Å². The molecule has 0 unspecified atom stereocenters. The number of hydrogen-bond acceptors (Lipinski definition) is 6. The van der Waals surface area contributed by atoms with E-state index in [9.17, 15) is 14.9 Å². The molecule has 0 aliphatic heterocycles. The van der Waals surface area contributed by atoms with E-state index in [-0.39, 0.29) is 35.8 Å². The summed E-state index contributed by atoms with van der Waals surface area (Å²) in [6.45, 7) is 1.63. The molecule has 0 radical (unpaired) electrons. The zero-order valence-corrected chi connectivity index (χ0v) is 14.3. The molecular weight excluding hydrogens is 348 g/mol. The molecule has 0 bridgehead atoms. The Morgan fingerprint density at radius 3 is 2.60 bits per heavy atom. The van der Waals surface area contributed by atoms with Crippen molar-refractivity contribution in [2.45, 2.75) is 13.3 Å². The molecule has 8 heteroatoms. The average molecular weight is 363 g/mol. The predicted octanol–water partition coefficient (Wildman–Crippen LogP) is 3.31. The number of carbonyl (C=O) groups excluding carboxylic acids is 2. The number of benzene rings is 1. The molecule has 1 aromatic heterocycles. The second-order valence-electron chi connectivity index (χ2n) is 4.94. The molecule has 1 aromatic carbocycles. The van der Waals surface area contributed by atoms with Gasteiger partial charge < -0.3 is 13.9 Å². The Morgan fingerprint density at radius 1 is 1.32 bits per heavy atom. The molecule has 25 heavy (non-hydrogen) atoms. The minimum absolute atomic E-state index is 0.00212. The number of amides is 1. The predicted molar refractivity (Wildman–Crippen MR) is 89.7 cm³/mol. The first-order chi connectivity index (χ1) is 12.0. The third-order valence-electron chi connectivity index (χ3n) is 3.25. The van der Waals surface area contributed by atoms with Gasteiger partial charge in [0.1, 0.15) is 28.7 Å². The van der Waals surface area contributed by atoms with Gasteiger partial charge in [-0.1, -0.05) is 11.6 Å². The minimum atomic E-state index is -0.704. The van der Waals surface area contributed by atoms with Crippen LogP contribution in [0.3, 0.4) is 0 Å². The number of esters is 1. The van der Waals surface area contributed by atoms with Gasteiger partial charge in [0.25, 0.3) is 0 Å². The highest BCUT2D eigenvalue weighted by atomic mass is 35.5. The molecule has 1 heterocycles. The number of nitriles is 1. The number of nitrogens with one attached hydrogen (secondary N) is 1. The largest absolute Gasteiger partial charge is 0.493 e. The lowest BCUT2D eigenvalue weighted by Gasteiger charge is -2.06. The van der Waals surface area contributed by atoms with Crippen molar-refractivity contribution < 1.29 is 23.5 Å². The van der Waals surface area contributed by atoms with Crippen molar-refractivity contribution >= 4 is 29.4 Å². The number of carbonyl (C=O) groups is 2. The van der Waals surface area contributed by atoms with E-state index in [2.05, 4.69) is 10.1 Å². The molecule has 7 nitrogen and oxygen atoms in total. The summed E-state index contributed by atoms with van der Waals surface area (Å²) < 4.78 is 15.3. The van der Waals surface area contributed by atoms with Crippen LogP contribution in [0.15, 0.2) is 28.7 Å². The second-order valence-corrected chi connectivity index (χ2v) is 5.38. The topological polar surface area (TPSA) is 102 Å². The standard InChI is InChI=1S/C17H15ClN2O5/c1-10-15(17(22)23-2)13(9-19)16(25-10)20-14(21)7-8-24-12-5-3-11(18)4-6-12/h3-6H,7-8H2,1-2H3,(H,20,21). The number of ether oxygens (including phenoxy) is 2. The summed E-state index contributed by atoms with van der Waals surface area (Å²) in [7, 11) is 1.20. The second kappa shape index (κ2) is 8.22. The van der Waals surface area contributed by atoms with E-state index >= 15 is 0 Å². The van der Waals surface area contributed by atoms with Crippen LogP contribution in [0, 0.1) is 18.3 Å². The normalized spacial score (nSPS) is 10.0. The molecule has 130 valence electrons. The maximum Gasteiger partial charge on any atom is 0.342 e. The van der Waals surface area contributed by atoms with Gasteiger partial charge >= 0.3 is 5.97 Å². The van der Waals surface area contributed by atoms with Crippen LogP contribution in [0.5, 0.6) is 5.75 Å². The SMILES string of the molecule is COC(=O)c1c(C)oc(NC(=O)CCOc2ccc(Cl)cc2)c1C#N. The molecule has 2 aromatic rings. The van der Waals surface area contributed by atoms with E-state index in [1.807, 2.05) is 6.07 Å². The van der Waals surface area contributed by atoms with Gasteiger partial charge in [0.15, 0.2) is 0 Å². The number of nitrogens with zero attached hydrogens (tertiary/aromatic N) is 1. The first kappa shape index (κ1) is 18.4. The van der Waals surface area contributed by atoms with Gasteiger partial charge in [-0.3, -0.25) is 10.1 Å². The van der Waals surface area contributed by atoms with Crippen molar-refractivity contribution in [1.29, 1.82) is 5.26 Å². The first-order valence-electron chi connectivity index (χ1n) is 7.26. The fourth-order valence-corrected chi connectivity index (χ4v) is 2.19. The summed E-state index contributed by atoms with van der Waals surface area (Å²) in [5.41, 5.74) is -0.0750. The zero-order valence-electron chi connectivity index (χ0n) is 13.6. The van der Waals surface area contributed by atoms with Crippen molar-refractivity contribution in [2.75, 3.05) is 19.0 Å². The number of hydrogen-bond donors (Lipinski definition) is 1. The summed E-state index contributed by atoms with van der Waals surface area (Å²) in [4.78, 5) is 23.7. The smallest absolute Gasteiger partial charge is 0.342 e. The summed E-state index contributed by atoms with van der Waals surface area (Å²) in [5.74, 6) is -0.440. The summed E-state index contributed by atoms with van der Waals surface area (Å²) in [6, 6.07) is 8.57. The minimum Gasteiger partial charge on any atom is -0.493 e. The van der Waals surface area contributed by atoms with E-state index in [4.69, 9.17) is 20.8 Å². The van der Waals surface area contributed by atoms with Crippen LogP contribution in [-0.2, 0) is 9.53 Å². The van der Waals surface area contributed by atoms with Crippen LogP contribution in [0.1, 0.15) is 28.1 Å². The Bertz CT molecular complexity index is 821. The number of rotatable bonds is 6. The number of halogens is 1. The van der Waals surface area contributed by atoms with Gasteiger partial charge in [-0.15, -0.1) is 0 Å². The van der Waals surface area contributed by atoms with Crippen LogP contribution in [0.2, 0.25) is 5.02 Å². The van der Waals surface area contributed by atoms with Gasteiger partial charge in [-0.2, -0.15) is 5.26 Å². The van der Waals surface area contributed by atoms with E-state index in [1.54, 1.807) is 24.3 Å². The summed E-state index contributed by atoms with van der Waals surface area (Å²) >= 11 is 5.77. The maximum absolute atomic E-state index is 12.0. The van der Waals surface area contributed by atoms with Crippen LogP contribution in [0.4, 0.5) is 5.88 Å². The maximum atomic E-state index is 12.0. The molecule has 1 amide bonds. The van der Waals surface area contributed by atoms with E-state index < -0.39 is 11.9 Å². The third kappa shape index (κ3) is 4.52. The van der Waals surface area contributed by atoms with Crippen LogP contribution < -0.4 is 10.1 Å². The monoisotopic (exact) mass is 362 g/mol. The Hall–Kier alpha value is -2.98. The molecule has 0 atom stereocenters. The number of methoxy groups -OCH3 is 1. The van der Waals surface area contributed by atoms with Crippen molar-refractivity contribution in [2.24, 2.45) is 0 Å². The van der Waals surface area contributed by atoms with Crippen LogP contribution in [0.25, 0.3) is 0 Å². The van der Waals surface area contributed by atoms with Gasteiger partial charge in [-0.25, -0.2) is 4.79 Å². The van der Waals surface area contributed by atoms with Crippen LogP contribution >= 0.6 is 11.6 Å². The van der Waals surface area contributed by atoms with Crippen molar-refractivity contribution in [1.82, 2.24) is 0 Å². The quantitative estimate of drug-likeness (QED) is 0.791. The average Bonchev–Trinajstić information content (AvgIpc) is 2.90. The highest BCUT2D eigenvalue weighted by Gasteiger charge is 2.25. The highest BCUT2D eigenvalue weighted by molar-refractivity contribution is 6.30. The molecule has 1 N–H and O–H groups in total. The fraction of sp³-hybridized carbons (Fsp3) is 0.235. The number of anilines is 1. The van der Waals surface area contributed by atoms with Gasteiger partial charge in [0, 0.05) is 5.02 Å². The van der Waals surface area contributed by atoms with Crippen LogP contribution in [-0.4, -0.2) is 25.6 Å². The van der Waals surface area contributed by atoms with Gasteiger partial charge in [-0.05, 0) is 31.2 Å². The van der Waals surface area contributed by atoms with Crippen molar-refractivity contribution in [3.8, 4) is 11.8 Å². The Balaban J connectivity index is 1.97. The molecule has 0 spiro atoms. The Kier molecular flexibility index (Phi) is 6.03. The lowest BCUT2D eigenvalue weighted by molar-refractivity contribution is -0.116. The Morgan fingerprint density at radius 2 is 2.00 bits per heavy atom. The molecule has 0 aliphatic rings. The molecule has 0 saturated carbocycles. The number of furan rings is 1.